The number of imide groups is 1. The van der Waals surface area contributed by atoms with Crippen LogP contribution in [0.15, 0.2) is 72.1 Å². The molecule has 0 fully saturated rings. The first-order chi connectivity index (χ1) is 16.9. The number of fused-ring (bicyclic) bond motifs is 1. The van der Waals surface area contributed by atoms with E-state index in [9.17, 15) is 9.59 Å². The van der Waals surface area contributed by atoms with Crippen LogP contribution in [-0.2, 0) is 9.59 Å². The van der Waals surface area contributed by atoms with Crippen molar-refractivity contribution in [2.24, 2.45) is 0 Å². The van der Waals surface area contributed by atoms with Crippen molar-refractivity contribution >= 4 is 39.2 Å². The van der Waals surface area contributed by atoms with E-state index < -0.39 is 0 Å². The van der Waals surface area contributed by atoms with E-state index >= 15 is 0 Å². The minimum atomic E-state index is -0.337. The second-order valence-corrected chi connectivity index (χ2v) is 9.55. The standard InChI is InChI=1S/C29H27N3O3/c1-16(2)31-14-21-26(20-12-13-25(35-4)19-9-6-5-8-18(19)20)28-23(15-32(17(3)33)29(28)34)30-22-10-7-11-24(31)27(21)22/h5-14,16,26,30H,15H2,1-4H3/t26-/m0/s1. The molecule has 176 valence electrons. The smallest absolute Gasteiger partial charge is 0.259 e. The Kier molecular flexibility index (Phi) is 4.74. The van der Waals surface area contributed by atoms with Crippen molar-refractivity contribution in [1.29, 1.82) is 0 Å². The van der Waals surface area contributed by atoms with Crippen molar-refractivity contribution in [3.8, 4) is 5.75 Å². The van der Waals surface area contributed by atoms with Gasteiger partial charge < -0.3 is 14.6 Å². The van der Waals surface area contributed by atoms with Gasteiger partial charge in [-0.05, 0) is 48.6 Å². The third-order valence-corrected chi connectivity index (χ3v) is 7.27. The van der Waals surface area contributed by atoms with Crippen molar-refractivity contribution in [3.05, 3.63) is 83.2 Å². The number of aromatic nitrogens is 1. The molecule has 6 heteroatoms. The van der Waals surface area contributed by atoms with E-state index in [2.05, 4.69) is 54.2 Å². The average molecular weight is 466 g/mol. The number of ether oxygens (including phenoxy) is 1. The Morgan fingerprint density at radius 3 is 2.51 bits per heavy atom. The third-order valence-electron chi connectivity index (χ3n) is 7.27. The number of anilines is 1. The van der Waals surface area contributed by atoms with Gasteiger partial charge in [-0.3, -0.25) is 14.5 Å². The molecular weight excluding hydrogens is 438 g/mol. The molecule has 0 saturated heterocycles. The molecule has 0 aliphatic carbocycles. The summed E-state index contributed by atoms with van der Waals surface area (Å²) in [7, 11) is 1.67. The van der Waals surface area contributed by atoms with Gasteiger partial charge in [0.1, 0.15) is 5.75 Å². The van der Waals surface area contributed by atoms with E-state index in [4.69, 9.17) is 4.74 Å². The Bertz CT molecular complexity index is 1580. The number of benzene rings is 3. The summed E-state index contributed by atoms with van der Waals surface area (Å²) in [6.07, 6.45) is 2.18. The van der Waals surface area contributed by atoms with Crippen LogP contribution in [0.4, 0.5) is 5.69 Å². The lowest BCUT2D eigenvalue weighted by molar-refractivity contribution is -0.139. The van der Waals surface area contributed by atoms with Crippen LogP contribution >= 0.6 is 0 Å². The van der Waals surface area contributed by atoms with Crippen molar-refractivity contribution in [1.82, 2.24) is 9.47 Å². The Hall–Kier alpha value is -4.06. The van der Waals surface area contributed by atoms with Crippen molar-refractivity contribution in [2.75, 3.05) is 19.0 Å². The van der Waals surface area contributed by atoms with E-state index in [1.54, 1.807) is 7.11 Å². The van der Waals surface area contributed by atoms with E-state index in [0.717, 1.165) is 49.9 Å². The molecule has 2 aliphatic heterocycles. The van der Waals surface area contributed by atoms with Gasteiger partial charge in [0.2, 0.25) is 5.91 Å². The molecule has 3 heterocycles. The third kappa shape index (κ3) is 3.02. The van der Waals surface area contributed by atoms with Gasteiger partial charge in [-0.1, -0.05) is 36.4 Å². The van der Waals surface area contributed by atoms with Gasteiger partial charge >= 0.3 is 0 Å². The van der Waals surface area contributed by atoms with Gasteiger partial charge in [0.05, 0.1) is 24.7 Å². The summed E-state index contributed by atoms with van der Waals surface area (Å²) >= 11 is 0. The Balaban J connectivity index is 1.72. The zero-order chi connectivity index (χ0) is 24.4. The maximum atomic E-state index is 13.8. The predicted octanol–water partition coefficient (Wildman–Crippen LogP) is 5.58. The topological polar surface area (TPSA) is 63.6 Å². The molecule has 1 atom stereocenters. The maximum absolute atomic E-state index is 13.8. The molecule has 0 radical (unpaired) electrons. The van der Waals surface area contributed by atoms with Gasteiger partial charge in [-0.15, -0.1) is 0 Å². The monoisotopic (exact) mass is 465 g/mol. The largest absolute Gasteiger partial charge is 0.496 e. The normalized spacial score (nSPS) is 17.2. The Morgan fingerprint density at radius 1 is 1.03 bits per heavy atom. The van der Waals surface area contributed by atoms with Crippen LogP contribution in [0, 0.1) is 0 Å². The summed E-state index contributed by atoms with van der Waals surface area (Å²) < 4.78 is 7.92. The zero-order valence-electron chi connectivity index (χ0n) is 20.3. The van der Waals surface area contributed by atoms with E-state index in [-0.39, 0.29) is 30.3 Å². The summed E-state index contributed by atoms with van der Waals surface area (Å²) in [6.45, 7) is 6.02. The average Bonchev–Trinajstić information content (AvgIpc) is 3.35. The molecule has 1 aromatic heterocycles. The number of nitrogens with zero attached hydrogens (tertiary/aromatic N) is 2. The van der Waals surface area contributed by atoms with Crippen molar-refractivity contribution in [3.63, 3.8) is 0 Å². The van der Waals surface area contributed by atoms with Gasteiger partial charge in [-0.2, -0.15) is 0 Å². The summed E-state index contributed by atoms with van der Waals surface area (Å²) in [4.78, 5) is 27.5. The van der Waals surface area contributed by atoms with E-state index in [1.807, 2.05) is 30.3 Å². The molecule has 2 aliphatic rings. The fourth-order valence-electron chi connectivity index (χ4n) is 5.71. The molecule has 0 unspecified atom stereocenters. The quantitative estimate of drug-likeness (QED) is 0.429. The molecule has 6 rings (SSSR count). The first-order valence-electron chi connectivity index (χ1n) is 11.9. The summed E-state index contributed by atoms with van der Waals surface area (Å²) in [5, 5.41) is 6.69. The molecule has 0 spiro atoms. The summed E-state index contributed by atoms with van der Waals surface area (Å²) in [5.74, 6) is -0.0282. The van der Waals surface area contributed by atoms with Crippen LogP contribution in [0.3, 0.4) is 0 Å². The van der Waals surface area contributed by atoms with E-state index in [0.29, 0.717) is 5.57 Å². The minimum Gasteiger partial charge on any atom is -0.496 e. The molecule has 3 aromatic carbocycles. The number of rotatable bonds is 3. The Labute approximate surface area is 203 Å². The number of nitrogens with one attached hydrogen (secondary N) is 1. The first-order valence-corrected chi connectivity index (χ1v) is 11.9. The number of hydrogen-bond acceptors (Lipinski definition) is 4. The van der Waals surface area contributed by atoms with Crippen LogP contribution in [0.1, 0.15) is 43.9 Å². The number of carbonyl (C=O) groups excluding carboxylic acids is 2. The lowest BCUT2D eigenvalue weighted by Crippen LogP contribution is -2.33. The molecule has 2 amide bonds. The molecular formula is C29H27N3O3. The molecule has 4 aromatic rings. The SMILES string of the molecule is COc1ccc([C@@H]2C3=C(CN(C(C)=O)C3=O)Nc3cccc4c3c2cn4C(C)C)c2ccccc12. The van der Waals surface area contributed by atoms with E-state index in [1.165, 1.54) is 11.8 Å². The number of methoxy groups -OCH3 is 1. The Morgan fingerprint density at radius 2 is 1.80 bits per heavy atom. The van der Waals surface area contributed by atoms with Crippen molar-refractivity contribution in [2.45, 2.75) is 32.7 Å². The fourth-order valence-corrected chi connectivity index (χ4v) is 5.71. The minimum absolute atomic E-state index is 0.233. The second-order valence-electron chi connectivity index (χ2n) is 9.55. The molecule has 6 nitrogen and oxygen atoms in total. The number of hydrogen-bond donors (Lipinski definition) is 1. The van der Waals surface area contributed by atoms with Crippen LogP contribution in [0.5, 0.6) is 5.75 Å². The van der Waals surface area contributed by atoms with Gasteiger partial charge in [-0.25, -0.2) is 0 Å². The predicted molar refractivity (Wildman–Crippen MR) is 138 cm³/mol. The van der Waals surface area contributed by atoms with Crippen LogP contribution < -0.4 is 10.1 Å². The highest BCUT2D eigenvalue weighted by Gasteiger charge is 2.42. The molecule has 0 bridgehead atoms. The highest BCUT2D eigenvalue weighted by atomic mass is 16.5. The van der Waals surface area contributed by atoms with Crippen LogP contribution in [-0.4, -0.2) is 34.9 Å². The lowest BCUT2D eigenvalue weighted by atomic mass is 9.82. The fraction of sp³-hybridized carbons (Fsp3) is 0.241. The maximum Gasteiger partial charge on any atom is 0.259 e. The number of carbonyl (C=O) groups is 2. The molecule has 0 saturated carbocycles. The van der Waals surface area contributed by atoms with Crippen LogP contribution in [0.25, 0.3) is 21.7 Å². The summed E-state index contributed by atoms with van der Waals surface area (Å²) in [6, 6.07) is 18.6. The highest BCUT2D eigenvalue weighted by molar-refractivity contribution is 6.12. The summed E-state index contributed by atoms with van der Waals surface area (Å²) in [5.41, 5.74) is 5.59. The zero-order valence-corrected chi connectivity index (χ0v) is 20.3. The molecule has 35 heavy (non-hydrogen) atoms. The van der Waals surface area contributed by atoms with Gasteiger partial charge in [0.15, 0.2) is 0 Å². The van der Waals surface area contributed by atoms with Crippen LogP contribution in [0.2, 0.25) is 0 Å². The molecule has 1 N–H and O–H groups in total. The highest BCUT2D eigenvalue weighted by Crippen LogP contribution is 2.49. The lowest BCUT2D eigenvalue weighted by Gasteiger charge is -2.22. The van der Waals surface area contributed by atoms with Gasteiger partial charge in [0, 0.05) is 47.2 Å². The number of amides is 2. The second kappa shape index (κ2) is 7.73. The first kappa shape index (κ1) is 21.5. The van der Waals surface area contributed by atoms with Gasteiger partial charge in [0.25, 0.3) is 5.91 Å². The van der Waals surface area contributed by atoms with Crippen molar-refractivity contribution < 1.29 is 14.3 Å².